The highest BCUT2D eigenvalue weighted by molar-refractivity contribution is 5.34. The van der Waals surface area contributed by atoms with Crippen molar-refractivity contribution in [2.24, 2.45) is 5.73 Å². The maximum Gasteiger partial charge on any atom is 0.435 e. The minimum absolute atomic E-state index is 0.0596. The number of hydrogen-bond donors (Lipinski definition) is 1. The molecule has 0 amide bonds. The highest BCUT2D eigenvalue weighted by atomic mass is 19.4. The molecule has 2 N–H and O–H groups in total. The molecule has 0 fully saturated rings. The summed E-state index contributed by atoms with van der Waals surface area (Å²) >= 11 is 0. The Morgan fingerprint density at radius 1 is 1.35 bits per heavy atom. The first-order chi connectivity index (χ1) is 9.41. The summed E-state index contributed by atoms with van der Waals surface area (Å²) in [5.74, 6) is 0.381. The van der Waals surface area contributed by atoms with Gasteiger partial charge in [-0.15, -0.1) is 0 Å². The van der Waals surface area contributed by atoms with Gasteiger partial charge in [0, 0.05) is 18.4 Å². The smallest absolute Gasteiger partial charge is 0.327 e. The van der Waals surface area contributed by atoms with Crippen molar-refractivity contribution >= 4 is 0 Å². The fraction of sp³-hybridized carbons (Fsp3) is 0.385. The van der Waals surface area contributed by atoms with Crippen molar-refractivity contribution in [3.63, 3.8) is 0 Å². The molecule has 4 nitrogen and oxygen atoms in total. The fourth-order valence-electron chi connectivity index (χ4n) is 1.82. The number of alkyl halides is 3. The van der Waals surface area contributed by atoms with Crippen molar-refractivity contribution in [1.29, 1.82) is 0 Å². The first kappa shape index (κ1) is 14.5. The zero-order valence-corrected chi connectivity index (χ0v) is 10.9. The third kappa shape index (κ3) is 3.16. The van der Waals surface area contributed by atoms with Gasteiger partial charge in [0.2, 0.25) is 0 Å². The second-order valence-corrected chi connectivity index (χ2v) is 4.50. The van der Waals surface area contributed by atoms with Crippen LogP contribution in [0.3, 0.4) is 0 Å². The van der Waals surface area contributed by atoms with Crippen LogP contribution < -0.4 is 5.73 Å². The van der Waals surface area contributed by atoms with E-state index in [1.165, 1.54) is 12.4 Å². The van der Waals surface area contributed by atoms with Gasteiger partial charge in [0.25, 0.3) is 0 Å². The molecule has 108 valence electrons. The molecule has 0 saturated heterocycles. The molecule has 1 atom stereocenters. The Morgan fingerprint density at radius 3 is 2.70 bits per heavy atom. The van der Waals surface area contributed by atoms with E-state index in [-0.39, 0.29) is 6.04 Å². The Bertz CT molecular complexity index is 577. The molecule has 0 aliphatic carbocycles. The molecule has 0 aliphatic heterocycles. The number of pyridine rings is 1. The predicted octanol–water partition coefficient (Wildman–Crippen LogP) is 2.57. The van der Waals surface area contributed by atoms with Crippen LogP contribution in [0.5, 0.6) is 0 Å². The van der Waals surface area contributed by atoms with Crippen LogP contribution in [0.1, 0.15) is 24.6 Å². The van der Waals surface area contributed by atoms with E-state index in [0.29, 0.717) is 12.2 Å². The predicted molar refractivity (Wildman–Crippen MR) is 68.3 cm³/mol. The molecule has 0 radical (unpaired) electrons. The molecule has 0 spiro atoms. The summed E-state index contributed by atoms with van der Waals surface area (Å²) in [6.45, 7) is 1.95. The van der Waals surface area contributed by atoms with Crippen LogP contribution in [-0.2, 0) is 12.6 Å². The Labute approximate surface area is 114 Å². The fourth-order valence-corrected chi connectivity index (χ4v) is 1.82. The van der Waals surface area contributed by atoms with Gasteiger partial charge in [0.05, 0.1) is 0 Å². The van der Waals surface area contributed by atoms with Crippen molar-refractivity contribution in [3.8, 4) is 5.82 Å². The monoisotopic (exact) mass is 284 g/mol. The van der Waals surface area contributed by atoms with Gasteiger partial charge in [-0.2, -0.15) is 18.3 Å². The van der Waals surface area contributed by atoms with E-state index in [4.69, 9.17) is 5.73 Å². The maximum absolute atomic E-state index is 12.6. The van der Waals surface area contributed by atoms with Crippen LogP contribution in [-0.4, -0.2) is 20.8 Å². The number of aromatic nitrogens is 3. The Hall–Kier alpha value is -1.89. The SMILES string of the molecule is CCC(N)Cc1cccnc1-n1ccc(C(F)(F)F)n1. The van der Waals surface area contributed by atoms with Crippen LogP contribution in [0.15, 0.2) is 30.6 Å². The van der Waals surface area contributed by atoms with Gasteiger partial charge in [0.15, 0.2) is 11.5 Å². The van der Waals surface area contributed by atoms with Gasteiger partial charge in [-0.3, -0.25) is 0 Å². The molecule has 1 unspecified atom stereocenters. The summed E-state index contributed by atoms with van der Waals surface area (Å²) in [6, 6.07) is 4.40. The number of rotatable bonds is 4. The Balaban J connectivity index is 2.35. The second-order valence-electron chi connectivity index (χ2n) is 4.50. The highest BCUT2D eigenvalue weighted by Crippen LogP contribution is 2.28. The Kier molecular flexibility index (Phi) is 4.08. The van der Waals surface area contributed by atoms with Gasteiger partial charge in [-0.25, -0.2) is 9.67 Å². The van der Waals surface area contributed by atoms with Gasteiger partial charge in [-0.05, 0) is 30.5 Å². The number of nitrogens with two attached hydrogens (primary N) is 1. The zero-order valence-electron chi connectivity index (χ0n) is 10.9. The normalized spacial score (nSPS) is 13.4. The van der Waals surface area contributed by atoms with Crippen LogP contribution in [0.25, 0.3) is 5.82 Å². The van der Waals surface area contributed by atoms with E-state index in [0.717, 1.165) is 22.7 Å². The lowest BCUT2D eigenvalue weighted by Gasteiger charge is -2.12. The quantitative estimate of drug-likeness (QED) is 0.938. The summed E-state index contributed by atoms with van der Waals surface area (Å²) in [5.41, 5.74) is 5.73. The molecule has 0 bridgehead atoms. The molecule has 7 heteroatoms. The minimum Gasteiger partial charge on any atom is -0.327 e. The summed E-state index contributed by atoms with van der Waals surface area (Å²) in [6.07, 6.45) is -0.362. The third-order valence-corrected chi connectivity index (χ3v) is 2.97. The molecule has 2 heterocycles. The molecule has 2 aromatic rings. The summed E-state index contributed by atoms with van der Waals surface area (Å²) in [4.78, 5) is 4.11. The summed E-state index contributed by atoms with van der Waals surface area (Å²) in [7, 11) is 0. The van der Waals surface area contributed by atoms with Crippen molar-refractivity contribution in [3.05, 3.63) is 41.9 Å². The third-order valence-electron chi connectivity index (χ3n) is 2.97. The van der Waals surface area contributed by atoms with Crippen LogP contribution in [0.2, 0.25) is 0 Å². The van der Waals surface area contributed by atoms with Gasteiger partial charge >= 0.3 is 6.18 Å². The average molecular weight is 284 g/mol. The molecular weight excluding hydrogens is 269 g/mol. The molecule has 0 saturated carbocycles. The van der Waals surface area contributed by atoms with E-state index in [1.54, 1.807) is 12.1 Å². The topological polar surface area (TPSA) is 56.7 Å². The average Bonchev–Trinajstić information content (AvgIpc) is 2.88. The first-order valence-corrected chi connectivity index (χ1v) is 6.24. The molecular formula is C13H15F3N4. The van der Waals surface area contributed by atoms with Gasteiger partial charge in [0.1, 0.15) is 0 Å². The molecule has 20 heavy (non-hydrogen) atoms. The molecule has 2 rings (SSSR count). The van der Waals surface area contributed by atoms with Crippen LogP contribution in [0, 0.1) is 0 Å². The van der Waals surface area contributed by atoms with E-state index in [2.05, 4.69) is 10.1 Å². The van der Waals surface area contributed by atoms with E-state index < -0.39 is 11.9 Å². The minimum atomic E-state index is -4.46. The molecule has 0 aromatic carbocycles. The number of hydrogen-bond acceptors (Lipinski definition) is 3. The zero-order chi connectivity index (χ0) is 14.8. The first-order valence-electron chi connectivity index (χ1n) is 6.24. The lowest BCUT2D eigenvalue weighted by atomic mass is 10.1. The van der Waals surface area contributed by atoms with Crippen molar-refractivity contribution in [2.75, 3.05) is 0 Å². The number of halogens is 3. The van der Waals surface area contributed by atoms with Crippen molar-refractivity contribution in [2.45, 2.75) is 32.0 Å². The van der Waals surface area contributed by atoms with Crippen molar-refractivity contribution < 1.29 is 13.2 Å². The van der Waals surface area contributed by atoms with Crippen molar-refractivity contribution in [1.82, 2.24) is 14.8 Å². The Morgan fingerprint density at radius 2 is 2.10 bits per heavy atom. The second kappa shape index (κ2) is 5.62. The maximum atomic E-state index is 12.6. The lowest BCUT2D eigenvalue weighted by molar-refractivity contribution is -0.141. The number of nitrogens with zero attached hydrogens (tertiary/aromatic N) is 3. The molecule has 0 aliphatic rings. The summed E-state index contributed by atoms with van der Waals surface area (Å²) < 4.78 is 38.8. The highest BCUT2D eigenvalue weighted by Gasteiger charge is 2.33. The molecule has 2 aromatic heterocycles. The lowest BCUT2D eigenvalue weighted by Crippen LogP contribution is -2.22. The summed E-state index contributed by atoms with van der Waals surface area (Å²) in [5, 5.41) is 3.53. The van der Waals surface area contributed by atoms with E-state index in [9.17, 15) is 13.2 Å². The van der Waals surface area contributed by atoms with E-state index >= 15 is 0 Å². The van der Waals surface area contributed by atoms with E-state index in [1.807, 2.05) is 6.92 Å². The van der Waals surface area contributed by atoms with Gasteiger partial charge < -0.3 is 5.73 Å². The van der Waals surface area contributed by atoms with Crippen LogP contribution in [0.4, 0.5) is 13.2 Å². The largest absolute Gasteiger partial charge is 0.435 e. The van der Waals surface area contributed by atoms with Crippen LogP contribution >= 0.6 is 0 Å². The van der Waals surface area contributed by atoms with Gasteiger partial charge in [-0.1, -0.05) is 13.0 Å². The standard InChI is InChI=1S/C13H15F3N4/c1-2-10(17)8-9-4-3-6-18-12(9)20-7-5-11(19-20)13(14,15)16/h3-7,10H,2,8,17H2,1H3.